The van der Waals surface area contributed by atoms with Gasteiger partial charge in [0, 0.05) is 41.4 Å². The Bertz CT molecular complexity index is 2210. The number of benzene rings is 3. The van der Waals surface area contributed by atoms with Gasteiger partial charge in [0.05, 0.1) is 51.9 Å². The van der Waals surface area contributed by atoms with Gasteiger partial charge in [0.1, 0.15) is 12.1 Å². The van der Waals surface area contributed by atoms with Gasteiger partial charge >= 0.3 is 23.9 Å². The van der Waals surface area contributed by atoms with Gasteiger partial charge in [0.15, 0.2) is 11.5 Å². The second-order valence-corrected chi connectivity index (χ2v) is 11.8. The van der Waals surface area contributed by atoms with Gasteiger partial charge in [-0.15, -0.1) is 11.6 Å². The molecule has 0 bridgehead atoms. The molecule has 6 rings (SSSR count). The van der Waals surface area contributed by atoms with Crippen molar-refractivity contribution >= 4 is 68.6 Å². The molecule has 0 saturated carbocycles. The molecule has 51 heavy (non-hydrogen) atoms. The average Bonchev–Trinajstić information content (AvgIpc) is 3.82. The minimum Gasteiger partial charge on any atom is -0.493 e. The fraction of sp³-hybridized carbons (Fsp3) is 0.286. The van der Waals surface area contributed by atoms with Crippen molar-refractivity contribution in [3.63, 3.8) is 0 Å². The lowest BCUT2D eigenvalue weighted by Crippen LogP contribution is -2.33. The lowest BCUT2D eigenvalue weighted by atomic mass is 9.95. The molecule has 1 aliphatic heterocycles. The molecule has 15 nitrogen and oxygen atoms in total. The zero-order chi connectivity index (χ0) is 36.6. The number of aromatic nitrogens is 2. The molecule has 1 unspecified atom stereocenters. The van der Waals surface area contributed by atoms with E-state index < -0.39 is 35.4 Å². The monoisotopic (exact) mass is 719 g/mol. The largest absolute Gasteiger partial charge is 0.493 e. The molecule has 0 radical (unpaired) electrons. The van der Waals surface area contributed by atoms with E-state index in [4.69, 9.17) is 35.3 Å². The Morgan fingerprint density at radius 2 is 1.73 bits per heavy atom. The van der Waals surface area contributed by atoms with E-state index in [2.05, 4.69) is 5.32 Å². The summed E-state index contributed by atoms with van der Waals surface area (Å²) in [4.78, 5) is 52.8. The highest BCUT2D eigenvalue weighted by molar-refractivity contribution is 6.19. The zero-order valence-electron chi connectivity index (χ0n) is 28.4. The highest BCUT2D eigenvalue weighted by atomic mass is 35.5. The fourth-order valence-electron chi connectivity index (χ4n) is 6.60. The van der Waals surface area contributed by atoms with Crippen molar-refractivity contribution in [3.05, 3.63) is 81.7 Å². The maximum atomic E-state index is 14.4. The molecule has 0 spiro atoms. The molecule has 266 valence electrons. The summed E-state index contributed by atoms with van der Waals surface area (Å²) in [6.07, 6.45) is 0.721. The molecule has 2 aromatic heterocycles. The average molecular weight is 720 g/mol. The van der Waals surface area contributed by atoms with Gasteiger partial charge in [-0.2, -0.15) is 0 Å². The van der Waals surface area contributed by atoms with Crippen LogP contribution in [0.1, 0.15) is 34.5 Å². The van der Waals surface area contributed by atoms with E-state index in [1.165, 1.54) is 39.0 Å². The summed E-state index contributed by atoms with van der Waals surface area (Å²) in [7, 11) is 5.82. The molecule has 2 amide bonds. The van der Waals surface area contributed by atoms with Gasteiger partial charge in [-0.25, -0.2) is 19.0 Å². The van der Waals surface area contributed by atoms with Crippen molar-refractivity contribution in [1.82, 2.24) is 9.13 Å². The molecule has 16 heteroatoms. The quantitative estimate of drug-likeness (QED) is 0.0702. The number of ether oxygens (including phenoxy) is 5. The number of anilines is 2. The van der Waals surface area contributed by atoms with Crippen LogP contribution in [-0.4, -0.2) is 72.5 Å². The lowest BCUT2D eigenvalue weighted by Gasteiger charge is -2.21. The molecule has 5 aromatic rings. The van der Waals surface area contributed by atoms with Crippen LogP contribution in [0, 0.1) is 10.1 Å². The van der Waals surface area contributed by atoms with Crippen molar-refractivity contribution < 1.29 is 43.0 Å². The van der Waals surface area contributed by atoms with Crippen LogP contribution >= 0.6 is 11.6 Å². The standard InChI is InChI=1S/C35H34ClN5O10/c1-6-50-33(42)26-13-20(32(38(26)2)41(45)46)18-51-34(43)37-24-15-25-28(23-10-8-7-9-22(23)24)21(16-36)17-40(25)35(44)39-12-11-19-14-27(47-3)30(48-4)31(49-5)29(19)39/h7-15,21H,6,16-18H2,1-5H3,(H,37,43). The number of nitro groups is 1. The number of halogens is 1. The predicted octanol–water partition coefficient (Wildman–Crippen LogP) is 6.80. The maximum Gasteiger partial charge on any atom is 0.411 e. The number of alkyl halides is 1. The van der Waals surface area contributed by atoms with Gasteiger partial charge in [-0.1, -0.05) is 24.3 Å². The first-order chi connectivity index (χ1) is 24.6. The van der Waals surface area contributed by atoms with Crippen molar-refractivity contribution in [2.75, 3.05) is 50.6 Å². The van der Waals surface area contributed by atoms with Crippen LogP contribution in [0.4, 0.5) is 26.8 Å². The smallest absolute Gasteiger partial charge is 0.411 e. The lowest BCUT2D eigenvalue weighted by molar-refractivity contribution is -0.392. The summed E-state index contributed by atoms with van der Waals surface area (Å²) in [5, 5.41) is 16.7. The Kier molecular flexibility index (Phi) is 9.65. The third-order valence-electron chi connectivity index (χ3n) is 8.80. The molecule has 1 N–H and O–H groups in total. The Hall–Kier alpha value is -5.96. The number of rotatable bonds is 10. The van der Waals surface area contributed by atoms with Gasteiger partial charge in [-0.3, -0.25) is 14.8 Å². The molecule has 0 saturated heterocycles. The molecule has 1 atom stereocenters. The summed E-state index contributed by atoms with van der Waals surface area (Å²) in [6, 6.07) is 13.4. The fourth-order valence-corrected chi connectivity index (χ4v) is 6.85. The first-order valence-electron chi connectivity index (χ1n) is 15.8. The number of hydrogen-bond acceptors (Lipinski definition) is 10. The number of methoxy groups -OCH3 is 3. The number of nitrogens with one attached hydrogen (secondary N) is 1. The highest BCUT2D eigenvalue weighted by Gasteiger charge is 2.36. The molecule has 0 fully saturated rings. The Balaban J connectivity index is 1.36. The SMILES string of the molecule is CCOC(=O)c1cc(COC(=O)Nc2cc3c(c4ccccc24)C(CCl)CN3C(=O)n2ccc3cc(OC)c(OC)c(OC)c32)c([N+](=O)[O-])n1C. The van der Waals surface area contributed by atoms with E-state index in [1.807, 2.05) is 24.3 Å². The van der Waals surface area contributed by atoms with Crippen LogP contribution in [0.15, 0.2) is 54.7 Å². The van der Waals surface area contributed by atoms with Crippen LogP contribution < -0.4 is 24.4 Å². The minimum atomic E-state index is -0.914. The number of carbonyl (C=O) groups excluding carboxylic acids is 3. The minimum absolute atomic E-state index is 0.00451. The summed E-state index contributed by atoms with van der Waals surface area (Å²) in [6.45, 7) is 1.45. The molecular weight excluding hydrogens is 686 g/mol. The summed E-state index contributed by atoms with van der Waals surface area (Å²) in [5.74, 6) is -0.0913. The van der Waals surface area contributed by atoms with Crippen molar-refractivity contribution in [2.24, 2.45) is 7.05 Å². The number of nitrogens with zero attached hydrogens (tertiary/aromatic N) is 4. The Morgan fingerprint density at radius 3 is 2.37 bits per heavy atom. The second kappa shape index (κ2) is 14.1. The van der Waals surface area contributed by atoms with E-state index in [0.717, 1.165) is 15.5 Å². The Morgan fingerprint density at radius 1 is 1.00 bits per heavy atom. The normalized spacial score (nSPS) is 13.6. The van der Waals surface area contributed by atoms with Gasteiger partial charge in [-0.05, 0) is 41.0 Å². The molecule has 0 aliphatic carbocycles. The van der Waals surface area contributed by atoms with Crippen LogP contribution in [0.3, 0.4) is 0 Å². The zero-order valence-corrected chi connectivity index (χ0v) is 29.1. The Labute approximate surface area is 296 Å². The summed E-state index contributed by atoms with van der Waals surface area (Å²) < 4.78 is 29.7. The van der Waals surface area contributed by atoms with E-state index in [9.17, 15) is 24.5 Å². The van der Waals surface area contributed by atoms with Crippen LogP contribution in [-0.2, 0) is 23.1 Å². The third kappa shape index (κ3) is 5.98. The number of esters is 1. The second-order valence-electron chi connectivity index (χ2n) is 11.5. The first kappa shape index (κ1) is 34.9. The molecular formula is C35H34ClN5O10. The number of hydrogen-bond donors (Lipinski definition) is 1. The predicted molar refractivity (Wildman–Crippen MR) is 189 cm³/mol. The number of fused-ring (bicyclic) bond motifs is 4. The van der Waals surface area contributed by atoms with Crippen LogP contribution in [0.5, 0.6) is 17.2 Å². The van der Waals surface area contributed by atoms with Gasteiger partial charge < -0.3 is 33.8 Å². The first-order valence-corrected chi connectivity index (χ1v) is 16.3. The van der Waals surface area contributed by atoms with E-state index >= 15 is 0 Å². The maximum absolute atomic E-state index is 14.4. The highest BCUT2D eigenvalue weighted by Crippen LogP contribution is 2.47. The topological polar surface area (TPSA) is 166 Å². The third-order valence-corrected chi connectivity index (χ3v) is 9.17. The van der Waals surface area contributed by atoms with E-state index in [1.54, 1.807) is 36.2 Å². The van der Waals surface area contributed by atoms with Crippen molar-refractivity contribution in [3.8, 4) is 17.2 Å². The number of carbonyl (C=O) groups is 3. The van der Waals surface area contributed by atoms with Gasteiger partial charge in [0.2, 0.25) is 11.4 Å². The van der Waals surface area contributed by atoms with Crippen molar-refractivity contribution in [2.45, 2.75) is 19.4 Å². The number of amides is 2. The van der Waals surface area contributed by atoms with E-state index in [-0.39, 0.29) is 36.2 Å². The van der Waals surface area contributed by atoms with E-state index in [0.29, 0.717) is 44.9 Å². The summed E-state index contributed by atoms with van der Waals surface area (Å²) >= 11 is 6.49. The molecule has 3 aromatic carbocycles. The van der Waals surface area contributed by atoms with Gasteiger partial charge in [0.25, 0.3) is 0 Å². The van der Waals surface area contributed by atoms with Crippen molar-refractivity contribution in [1.29, 1.82) is 0 Å². The van der Waals surface area contributed by atoms with Crippen LogP contribution in [0.25, 0.3) is 21.7 Å². The molecule has 1 aliphatic rings. The summed E-state index contributed by atoms with van der Waals surface area (Å²) in [5.41, 5.74) is 2.11. The van der Waals surface area contributed by atoms with Crippen LogP contribution in [0.2, 0.25) is 0 Å². The molecule has 3 heterocycles.